The molecular weight excluding hydrogens is 343 g/mol. The molecule has 14 N–H and O–H groups in total. The number of hydrogen-bond donors (Lipinski definition) is 0. The van der Waals surface area contributed by atoms with E-state index in [-0.39, 0.29) is 85.0 Å². The molecule has 0 aliphatic carbocycles. The van der Waals surface area contributed by atoms with Gasteiger partial charge in [-0.25, -0.2) is 0 Å². The van der Waals surface area contributed by atoms with E-state index in [4.69, 9.17) is 27.4 Å². The number of carbonyl (C=O) groups is 1. The average Bonchev–Trinajstić information content (AvgIpc) is 1.19. The Labute approximate surface area is 135 Å². The van der Waals surface area contributed by atoms with Crippen LogP contribution in [-0.4, -0.2) is 61.8 Å². The maximum Gasteiger partial charge on any atom is 2.00 e. The van der Waals surface area contributed by atoms with Gasteiger partial charge >= 0.3 is 46.6 Å². The third-order valence-corrected chi connectivity index (χ3v) is 0. The van der Waals surface area contributed by atoms with Gasteiger partial charge in [-0.15, -0.1) is 0 Å². The van der Waals surface area contributed by atoms with Crippen molar-refractivity contribution < 1.29 is 112 Å². The van der Waals surface area contributed by atoms with Crippen LogP contribution in [-0.2, 0) is 32.3 Å². The molecule has 118 valence electrons. The molecule has 0 radical (unpaired) electrons. The van der Waals surface area contributed by atoms with Crippen LogP contribution in [0.5, 0.6) is 0 Å². The minimum Gasteiger partial charge on any atom is -0.759 e. The molecule has 0 rings (SSSR count). The largest absolute Gasteiger partial charge is 2.00 e. The molecule has 18 heavy (non-hydrogen) atoms. The van der Waals surface area contributed by atoms with Crippen molar-refractivity contribution in [3.63, 3.8) is 0 Å². The summed E-state index contributed by atoms with van der Waals surface area (Å²) in [5.41, 5.74) is 0. The van der Waals surface area contributed by atoms with Gasteiger partial charge in [0, 0.05) is 16.4 Å². The zero-order valence-corrected chi connectivity index (χ0v) is 13.1. The summed E-state index contributed by atoms with van der Waals surface area (Å²) in [5, 5.41) is 8.89. The van der Waals surface area contributed by atoms with E-state index in [0.29, 0.717) is 0 Å². The standard InChI is InChI=1S/C2H4O2.Fe.Na.H2O4S.7H2O/c1-2(3)4;;;1-5(2,3)4;;;;;;;/h1H3,(H,3,4);;;(H2,1,2,3,4);7*1H2/q;+2;+1;;;;;;;;/p-3. The monoisotopic (exact) mass is 360 g/mol. The zero-order chi connectivity index (χ0) is 8.08. The zero-order valence-electron chi connectivity index (χ0n) is 9.21. The van der Waals surface area contributed by atoms with Crippen molar-refractivity contribution in [1.82, 2.24) is 0 Å². The van der Waals surface area contributed by atoms with Gasteiger partial charge < -0.3 is 57.3 Å². The molecule has 0 aliphatic heterocycles. The predicted octanol–water partition coefficient (Wildman–Crippen LogP) is -11.4. The van der Waals surface area contributed by atoms with Crippen LogP contribution in [0.1, 0.15) is 6.92 Å². The van der Waals surface area contributed by atoms with Crippen LogP contribution in [0.4, 0.5) is 0 Å². The van der Waals surface area contributed by atoms with Gasteiger partial charge in [-0.05, 0) is 6.92 Å². The van der Waals surface area contributed by atoms with Gasteiger partial charge in [0.25, 0.3) is 0 Å². The van der Waals surface area contributed by atoms with E-state index in [1.165, 1.54) is 0 Å². The Balaban J connectivity index is -0.00000000406. The quantitative estimate of drug-likeness (QED) is 0.229. The molecule has 0 atom stereocenters. The second-order valence-electron chi connectivity index (χ2n) is 0.900. The molecule has 0 bridgehead atoms. The number of carboxylic acids is 1. The van der Waals surface area contributed by atoms with Crippen molar-refractivity contribution in [2.24, 2.45) is 0 Å². The molecule has 0 heterocycles. The van der Waals surface area contributed by atoms with Crippen molar-refractivity contribution in [3.05, 3.63) is 0 Å². The number of hydrogen-bond acceptors (Lipinski definition) is 6. The second kappa shape index (κ2) is 52.7. The first-order valence-electron chi connectivity index (χ1n) is 1.57. The smallest absolute Gasteiger partial charge is 0.759 e. The number of aliphatic carboxylic acids is 1. The summed E-state index contributed by atoms with van der Waals surface area (Å²) in [5.74, 6) is -1.08. The first kappa shape index (κ1) is 99.9. The summed E-state index contributed by atoms with van der Waals surface area (Å²) >= 11 is 0. The average molecular weight is 360 g/mol. The van der Waals surface area contributed by atoms with E-state index in [2.05, 4.69) is 0 Å². The number of rotatable bonds is 0. The maximum absolute atomic E-state index is 8.89. The van der Waals surface area contributed by atoms with Crippen molar-refractivity contribution in [2.75, 3.05) is 0 Å². The number of carbonyl (C=O) groups excluding carboxylic acids is 1. The predicted molar refractivity (Wildman–Crippen MR) is 46.5 cm³/mol. The van der Waals surface area contributed by atoms with Crippen molar-refractivity contribution in [2.45, 2.75) is 6.92 Å². The van der Waals surface area contributed by atoms with E-state index < -0.39 is 16.4 Å². The Hall–Kier alpha value is 0.579. The van der Waals surface area contributed by atoms with Gasteiger partial charge in [-0.3, -0.25) is 8.42 Å². The van der Waals surface area contributed by atoms with Crippen LogP contribution in [0, 0.1) is 0 Å². The van der Waals surface area contributed by atoms with Gasteiger partial charge in [0.1, 0.15) is 0 Å². The molecule has 0 amide bonds. The van der Waals surface area contributed by atoms with Crippen LogP contribution in [0.15, 0.2) is 0 Å². The summed E-state index contributed by atoms with van der Waals surface area (Å²) < 4.78 is 34.1. The topological polar surface area (TPSA) is 341 Å². The van der Waals surface area contributed by atoms with E-state index in [1.807, 2.05) is 0 Å². The van der Waals surface area contributed by atoms with Crippen LogP contribution < -0.4 is 34.7 Å². The molecular formula is C2H17FeNaO13S. The molecule has 0 aromatic rings. The van der Waals surface area contributed by atoms with Crippen LogP contribution in [0.25, 0.3) is 0 Å². The van der Waals surface area contributed by atoms with Crippen LogP contribution >= 0.6 is 0 Å². The third-order valence-electron chi connectivity index (χ3n) is 0. The third kappa shape index (κ3) is 12000. The molecule has 0 unspecified atom stereocenters. The molecule has 0 fully saturated rings. The Bertz CT molecular complexity index is 167. The minimum atomic E-state index is -5.17. The maximum atomic E-state index is 8.89. The van der Waals surface area contributed by atoms with Crippen molar-refractivity contribution >= 4 is 16.4 Å². The van der Waals surface area contributed by atoms with Crippen LogP contribution in [0.2, 0.25) is 0 Å². The van der Waals surface area contributed by atoms with Gasteiger partial charge in [-0.1, -0.05) is 0 Å². The molecule has 13 nitrogen and oxygen atoms in total. The Morgan fingerprint density at radius 2 is 0.833 bits per heavy atom. The molecule has 0 aromatic carbocycles. The summed E-state index contributed by atoms with van der Waals surface area (Å²) in [6, 6.07) is 0. The van der Waals surface area contributed by atoms with Crippen molar-refractivity contribution in [1.29, 1.82) is 0 Å². The second-order valence-corrected chi connectivity index (χ2v) is 1.72. The van der Waals surface area contributed by atoms with Gasteiger partial charge in [0.05, 0.1) is 0 Å². The van der Waals surface area contributed by atoms with Gasteiger partial charge in [-0.2, -0.15) is 0 Å². The minimum absolute atomic E-state index is 0. The van der Waals surface area contributed by atoms with E-state index in [9.17, 15) is 0 Å². The van der Waals surface area contributed by atoms with Gasteiger partial charge in [0.2, 0.25) is 0 Å². The summed E-state index contributed by atoms with van der Waals surface area (Å²) in [4.78, 5) is 8.89. The fraction of sp³-hybridized carbons (Fsp3) is 0.500. The summed E-state index contributed by atoms with van der Waals surface area (Å²) in [6.45, 7) is 0.972. The van der Waals surface area contributed by atoms with Gasteiger partial charge in [0.15, 0.2) is 0 Å². The van der Waals surface area contributed by atoms with E-state index >= 15 is 0 Å². The molecule has 0 aliphatic rings. The SMILES string of the molecule is CC(=O)[O-].O.O.O.O.O.O.O.O=S(=O)([O-])[O-].[Fe+2].[Na+]. The fourth-order valence-corrected chi connectivity index (χ4v) is 0. The first-order chi connectivity index (χ1) is 3.73. The van der Waals surface area contributed by atoms with E-state index in [1.54, 1.807) is 0 Å². The molecule has 0 saturated heterocycles. The Kier molecular flexibility index (Phi) is 292. The first-order valence-corrected chi connectivity index (χ1v) is 2.91. The van der Waals surface area contributed by atoms with Crippen molar-refractivity contribution in [3.8, 4) is 0 Å². The Morgan fingerprint density at radius 3 is 0.833 bits per heavy atom. The van der Waals surface area contributed by atoms with Crippen LogP contribution in [0.3, 0.4) is 0 Å². The summed E-state index contributed by atoms with van der Waals surface area (Å²) in [7, 11) is -5.17. The molecule has 0 saturated carbocycles. The van der Waals surface area contributed by atoms with E-state index in [0.717, 1.165) is 6.92 Å². The summed E-state index contributed by atoms with van der Waals surface area (Å²) in [6.07, 6.45) is 0. The normalized spacial score (nSPS) is 4.61. The Morgan fingerprint density at radius 1 is 0.833 bits per heavy atom. The number of carboxylic acid groups (broad SMARTS) is 1. The molecule has 0 aromatic heterocycles. The molecule has 16 heteroatoms. The molecule has 0 spiro atoms. The fourth-order valence-electron chi connectivity index (χ4n) is 0.